The largest absolute Gasteiger partial charge is 0.421 e. The van der Waals surface area contributed by atoms with E-state index in [9.17, 15) is 8.42 Å². The number of aromatic nitrogens is 2. The van der Waals surface area contributed by atoms with Gasteiger partial charge < -0.3 is 4.42 Å². The predicted octanol–water partition coefficient (Wildman–Crippen LogP) is 2.94. The first-order chi connectivity index (χ1) is 11.4. The maximum atomic E-state index is 12.1. The number of nitrogens with one attached hydrogen (secondary N) is 1. The van der Waals surface area contributed by atoms with Gasteiger partial charge in [-0.05, 0) is 38.1 Å². The molecule has 0 aliphatic carbocycles. The van der Waals surface area contributed by atoms with Crippen LogP contribution in [0.1, 0.15) is 16.3 Å². The van der Waals surface area contributed by atoms with Gasteiger partial charge in [0.25, 0.3) is 0 Å². The van der Waals surface area contributed by atoms with Gasteiger partial charge in [-0.3, -0.25) is 0 Å². The van der Waals surface area contributed by atoms with E-state index in [-0.39, 0.29) is 6.54 Å². The molecule has 0 saturated heterocycles. The van der Waals surface area contributed by atoms with Gasteiger partial charge in [-0.1, -0.05) is 17.7 Å². The molecule has 6 nitrogen and oxygen atoms in total. The van der Waals surface area contributed by atoms with Gasteiger partial charge in [0.05, 0.1) is 0 Å². The molecule has 0 bridgehead atoms. The Morgan fingerprint density at radius 3 is 2.50 bits per heavy atom. The summed E-state index contributed by atoms with van der Waals surface area (Å²) in [4.78, 5) is 0.954. The van der Waals surface area contributed by atoms with E-state index in [2.05, 4.69) is 14.9 Å². The van der Waals surface area contributed by atoms with Crippen molar-refractivity contribution in [3.05, 3.63) is 52.7 Å². The van der Waals surface area contributed by atoms with Gasteiger partial charge in [0.1, 0.15) is 4.21 Å². The summed E-state index contributed by atoms with van der Waals surface area (Å²) in [5.74, 6) is 0.831. The van der Waals surface area contributed by atoms with Crippen LogP contribution in [-0.4, -0.2) is 25.2 Å². The fourth-order valence-corrected chi connectivity index (χ4v) is 4.45. The lowest BCUT2D eigenvalue weighted by Crippen LogP contribution is -2.25. The molecule has 0 spiro atoms. The zero-order valence-corrected chi connectivity index (χ0v) is 14.9. The minimum absolute atomic E-state index is 0.203. The average molecular weight is 363 g/mol. The third-order valence-corrected chi connectivity index (χ3v) is 6.33. The molecule has 0 radical (unpaired) electrons. The van der Waals surface area contributed by atoms with Gasteiger partial charge in [-0.15, -0.1) is 21.5 Å². The summed E-state index contributed by atoms with van der Waals surface area (Å²) >= 11 is 1.24. The molecule has 0 amide bonds. The number of rotatable bonds is 6. The number of benzene rings is 1. The first-order valence-corrected chi connectivity index (χ1v) is 9.69. The number of aryl methyl sites for hydroxylation is 2. The normalized spacial score (nSPS) is 11.8. The molecule has 2 aromatic heterocycles. The van der Waals surface area contributed by atoms with Gasteiger partial charge in [-0.2, -0.15) is 0 Å². The third-order valence-electron chi connectivity index (χ3n) is 3.38. The van der Waals surface area contributed by atoms with Crippen molar-refractivity contribution in [3.63, 3.8) is 0 Å². The molecule has 2 heterocycles. The summed E-state index contributed by atoms with van der Waals surface area (Å²) in [5.41, 5.74) is 1.99. The molecule has 1 N–H and O–H groups in total. The van der Waals surface area contributed by atoms with Crippen LogP contribution >= 0.6 is 11.3 Å². The van der Waals surface area contributed by atoms with Gasteiger partial charge in [0.15, 0.2) is 0 Å². The first kappa shape index (κ1) is 16.8. The Morgan fingerprint density at radius 1 is 1.08 bits per heavy atom. The molecule has 0 fully saturated rings. The predicted molar refractivity (Wildman–Crippen MR) is 92.4 cm³/mol. The topological polar surface area (TPSA) is 85.1 Å². The van der Waals surface area contributed by atoms with Crippen LogP contribution in [0.15, 0.2) is 45.0 Å². The van der Waals surface area contributed by atoms with Crippen molar-refractivity contribution in [2.75, 3.05) is 6.54 Å². The molecule has 3 aromatic rings. The second-order valence-electron chi connectivity index (χ2n) is 5.38. The van der Waals surface area contributed by atoms with Crippen molar-refractivity contribution in [1.82, 2.24) is 14.9 Å². The molecule has 126 valence electrons. The van der Waals surface area contributed by atoms with Crippen LogP contribution < -0.4 is 4.72 Å². The maximum Gasteiger partial charge on any atom is 0.250 e. The summed E-state index contributed by atoms with van der Waals surface area (Å²) in [6.07, 6.45) is 0.336. The van der Waals surface area contributed by atoms with E-state index in [1.54, 1.807) is 12.1 Å². The summed E-state index contributed by atoms with van der Waals surface area (Å²) in [6, 6.07) is 11.1. The van der Waals surface area contributed by atoms with Crippen LogP contribution in [-0.2, 0) is 16.4 Å². The maximum absolute atomic E-state index is 12.1. The number of thiophene rings is 1. The Hall–Kier alpha value is -2.03. The molecule has 0 saturated carbocycles. The Kier molecular flexibility index (Phi) is 4.79. The average Bonchev–Trinajstić information content (AvgIpc) is 3.17. The molecule has 8 heteroatoms. The standard InChI is InChI=1S/C16H17N3O3S2/c1-11-3-6-13(7-4-11)16-19-18-14(22-16)9-10-17-24(20,21)15-8-5-12(2)23-15/h3-8,17H,9-10H2,1-2H3. The smallest absolute Gasteiger partial charge is 0.250 e. The van der Waals surface area contributed by atoms with Crippen LogP contribution in [0, 0.1) is 13.8 Å². The molecule has 0 unspecified atom stereocenters. The van der Waals surface area contributed by atoms with E-state index >= 15 is 0 Å². The summed E-state index contributed by atoms with van der Waals surface area (Å²) in [5, 5.41) is 7.96. The van der Waals surface area contributed by atoms with Crippen LogP contribution in [0.25, 0.3) is 11.5 Å². The SMILES string of the molecule is Cc1ccc(-c2nnc(CCNS(=O)(=O)c3ccc(C)s3)o2)cc1. The molecule has 1 aromatic carbocycles. The molecule has 0 atom stereocenters. The summed E-state index contributed by atoms with van der Waals surface area (Å²) in [6.45, 7) is 4.08. The van der Waals surface area contributed by atoms with Crippen molar-refractivity contribution >= 4 is 21.4 Å². The highest BCUT2D eigenvalue weighted by Gasteiger charge is 2.16. The molecule has 3 rings (SSSR count). The van der Waals surface area contributed by atoms with E-state index in [0.29, 0.717) is 22.4 Å². The van der Waals surface area contributed by atoms with Gasteiger partial charge in [0, 0.05) is 23.4 Å². The van der Waals surface area contributed by atoms with Crippen molar-refractivity contribution in [2.24, 2.45) is 0 Å². The van der Waals surface area contributed by atoms with Gasteiger partial charge >= 0.3 is 0 Å². The molecule has 24 heavy (non-hydrogen) atoms. The summed E-state index contributed by atoms with van der Waals surface area (Å²) < 4.78 is 32.7. The second kappa shape index (κ2) is 6.84. The minimum atomic E-state index is -3.48. The van der Waals surface area contributed by atoms with Crippen molar-refractivity contribution < 1.29 is 12.8 Å². The van der Waals surface area contributed by atoms with E-state index in [1.807, 2.05) is 38.1 Å². The van der Waals surface area contributed by atoms with E-state index in [0.717, 1.165) is 16.0 Å². The van der Waals surface area contributed by atoms with E-state index in [4.69, 9.17) is 4.42 Å². The monoisotopic (exact) mass is 363 g/mol. The number of hydrogen-bond acceptors (Lipinski definition) is 6. The van der Waals surface area contributed by atoms with Crippen LogP contribution in [0.2, 0.25) is 0 Å². The highest BCUT2D eigenvalue weighted by molar-refractivity contribution is 7.91. The Bertz CT molecular complexity index is 928. The van der Waals surface area contributed by atoms with Crippen molar-refractivity contribution in [1.29, 1.82) is 0 Å². The Balaban J connectivity index is 1.61. The zero-order chi connectivity index (χ0) is 17.2. The lowest BCUT2D eigenvalue weighted by Gasteiger charge is -2.02. The Morgan fingerprint density at radius 2 is 1.83 bits per heavy atom. The highest BCUT2D eigenvalue weighted by atomic mass is 32.2. The molecular formula is C16H17N3O3S2. The molecule has 0 aliphatic rings. The van der Waals surface area contributed by atoms with Crippen molar-refractivity contribution in [3.8, 4) is 11.5 Å². The van der Waals surface area contributed by atoms with Crippen LogP contribution in [0.4, 0.5) is 0 Å². The second-order valence-corrected chi connectivity index (χ2v) is 8.66. The van der Waals surface area contributed by atoms with Crippen LogP contribution in [0.3, 0.4) is 0 Å². The van der Waals surface area contributed by atoms with Crippen LogP contribution in [0.5, 0.6) is 0 Å². The third kappa shape index (κ3) is 3.89. The lowest BCUT2D eigenvalue weighted by molar-refractivity contribution is 0.502. The zero-order valence-electron chi connectivity index (χ0n) is 13.3. The summed E-state index contributed by atoms with van der Waals surface area (Å²) in [7, 11) is -3.48. The van der Waals surface area contributed by atoms with Crippen molar-refractivity contribution in [2.45, 2.75) is 24.5 Å². The molecular weight excluding hydrogens is 346 g/mol. The fourth-order valence-electron chi connectivity index (χ4n) is 2.09. The number of nitrogens with zero attached hydrogens (tertiary/aromatic N) is 2. The quantitative estimate of drug-likeness (QED) is 0.728. The van der Waals surface area contributed by atoms with E-state index < -0.39 is 10.0 Å². The van der Waals surface area contributed by atoms with E-state index in [1.165, 1.54) is 11.3 Å². The lowest BCUT2D eigenvalue weighted by atomic mass is 10.1. The Labute approximate surface area is 144 Å². The van der Waals surface area contributed by atoms with Gasteiger partial charge in [0.2, 0.25) is 21.8 Å². The number of hydrogen-bond donors (Lipinski definition) is 1. The highest BCUT2D eigenvalue weighted by Crippen LogP contribution is 2.21. The van der Waals surface area contributed by atoms with Gasteiger partial charge in [-0.25, -0.2) is 13.1 Å². The fraction of sp³-hybridized carbons (Fsp3) is 0.250. The minimum Gasteiger partial charge on any atom is -0.421 e. The molecule has 0 aliphatic heterocycles. The number of sulfonamides is 1. The first-order valence-electron chi connectivity index (χ1n) is 7.39.